The van der Waals surface area contributed by atoms with Crippen LogP contribution in [0.15, 0.2) is 24.3 Å². The second kappa shape index (κ2) is 8.52. The van der Waals surface area contributed by atoms with Crippen molar-refractivity contribution in [1.29, 1.82) is 0 Å². The minimum Gasteiger partial charge on any atom is -0.378 e. The van der Waals surface area contributed by atoms with E-state index >= 15 is 0 Å². The fraction of sp³-hybridized carbons (Fsp3) is 0.500. The van der Waals surface area contributed by atoms with E-state index in [9.17, 15) is 19.2 Å². The number of amides is 4. The summed E-state index contributed by atoms with van der Waals surface area (Å²) in [6.45, 7) is 5.46. The number of nitrogens with zero attached hydrogens (tertiary/aromatic N) is 2. The number of ether oxygens (including phenoxy) is 1. The van der Waals surface area contributed by atoms with Crippen molar-refractivity contribution in [3.8, 4) is 0 Å². The normalized spacial score (nSPS) is 17.7. The van der Waals surface area contributed by atoms with Crippen LogP contribution in [0.2, 0.25) is 0 Å². The number of fused-ring (bicyclic) bond motifs is 1. The van der Waals surface area contributed by atoms with Crippen LogP contribution in [-0.2, 0) is 14.3 Å². The molecule has 1 N–H and O–H groups in total. The molecule has 150 valence electrons. The van der Waals surface area contributed by atoms with Gasteiger partial charge in [-0.25, -0.2) is 0 Å². The average Bonchev–Trinajstić information content (AvgIpc) is 2.92. The van der Waals surface area contributed by atoms with Gasteiger partial charge in [0.25, 0.3) is 11.8 Å². The zero-order valence-corrected chi connectivity index (χ0v) is 16.1. The first-order valence-corrected chi connectivity index (χ1v) is 9.49. The lowest BCUT2D eigenvalue weighted by Gasteiger charge is -2.31. The van der Waals surface area contributed by atoms with Crippen LogP contribution >= 0.6 is 0 Å². The lowest BCUT2D eigenvalue weighted by Crippen LogP contribution is -2.53. The van der Waals surface area contributed by atoms with E-state index in [2.05, 4.69) is 5.32 Å². The zero-order valence-electron chi connectivity index (χ0n) is 16.1. The van der Waals surface area contributed by atoms with Crippen LogP contribution in [0, 0.1) is 5.92 Å². The summed E-state index contributed by atoms with van der Waals surface area (Å²) in [4.78, 5) is 52.8. The molecule has 28 heavy (non-hydrogen) atoms. The molecule has 0 unspecified atom stereocenters. The molecule has 2 aliphatic heterocycles. The molecule has 0 aliphatic carbocycles. The maximum atomic E-state index is 12.8. The molecule has 3 rings (SSSR count). The van der Waals surface area contributed by atoms with E-state index in [4.69, 9.17) is 4.74 Å². The van der Waals surface area contributed by atoms with Gasteiger partial charge in [0.05, 0.1) is 24.3 Å². The largest absolute Gasteiger partial charge is 0.378 e. The Morgan fingerprint density at radius 3 is 2.18 bits per heavy atom. The van der Waals surface area contributed by atoms with Gasteiger partial charge in [0.1, 0.15) is 12.6 Å². The molecule has 1 aromatic carbocycles. The van der Waals surface area contributed by atoms with E-state index in [1.165, 1.54) is 0 Å². The van der Waals surface area contributed by atoms with Crippen LogP contribution in [-0.4, -0.2) is 72.3 Å². The van der Waals surface area contributed by atoms with Crippen LogP contribution < -0.4 is 5.32 Å². The number of benzene rings is 1. The third kappa shape index (κ3) is 4.22. The number of imide groups is 1. The van der Waals surface area contributed by atoms with E-state index in [1.807, 2.05) is 13.8 Å². The minimum atomic E-state index is -0.694. The van der Waals surface area contributed by atoms with Crippen LogP contribution in [0.4, 0.5) is 0 Å². The van der Waals surface area contributed by atoms with Gasteiger partial charge >= 0.3 is 0 Å². The van der Waals surface area contributed by atoms with Gasteiger partial charge < -0.3 is 15.0 Å². The van der Waals surface area contributed by atoms with Gasteiger partial charge in [-0.15, -0.1) is 0 Å². The summed E-state index contributed by atoms with van der Waals surface area (Å²) in [5.74, 6) is -1.48. The minimum absolute atomic E-state index is 0.160. The van der Waals surface area contributed by atoms with Gasteiger partial charge in [0, 0.05) is 13.1 Å². The molecule has 8 heteroatoms. The van der Waals surface area contributed by atoms with Gasteiger partial charge in [-0.1, -0.05) is 26.0 Å². The van der Waals surface area contributed by atoms with Gasteiger partial charge in [-0.3, -0.25) is 24.1 Å². The standard InChI is InChI=1S/C20H25N3O5/c1-13(2)11-16(20(27)22-7-9-28-10-8-22)21-17(24)12-23-18(25)14-5-3-4-6-15(14)19(23)26/h3-6,13,16H,7-12H2,1-2H3,(H,21,24)/t16-/m0/s1. The molecule has 1 saturated heterocycles. The number of carbonyl (C=O) groups excluding carboxylic acids is 4. The second-order valence-electron chi connectivity index (χ2n) is 7.43. The Bertz CT molecular complexity index is 751. The van der Waals surface area contributed by atoms with Crippen molar-refractivity contribution in [1.82, 2.24) is 15.1 Å². The first-order chi connectivity index (χ1) is 13.4. The summed E-state index contributed by atoms with van der Waals surface area (Å²) in [5.41, 5.74) is 0.590. The fourth-order valence-electron chi connectivity index (χ4n) is 3.46. The molecule has 0 saturated carbocycles. The van der Waals surface area contributed by atoms with Crippen molar-refractivity contribution >= 4 is 23.6 Å². The first-order valence-electron chi connectivity index (χ1n) is 9.49. The highest BCUT2D eigenvalue weighted by atomic mass is 16.5. The molecular weight excluding hydrogens is 362 g/mol. The van der Waals surface area contributed by atoms with Crippen molar-refractivity contribution in [3.63, 3.8) is 0 Å². The van der Waals surface area contributed by atoms with E-state index in [0.29, 0.717) is 43.9 Å². The Morgan fingerprint density at radius 1 is 1.07 bits per heavy atom. The summed E-state index contributed by atoms with van der Waals surface area (Å²) in [7, 11) is 0. The molecule has 0 spiro atoms. The molecule has 4 amide bonds. The van der Waals surface area contributed by atoms with Crippen LogP contribution in [0.1, 0.15) is 41.0 Å². The van der Waals surface area contributed by atoms with E-state index in [1.54, 1.807) is 29.2 Å². The van der Waals surface area contributed by atoms with E-state index in [0.717, 1.165) is 4.90 Å². The SMILES string of the molecule is CC(C)C[C@H](NC(=O)CN1C(=O)c2ccccc2C1=O)C(=O)N1CCOCC1. The lowest BCUT2D eigenvalue weighted by atomic mass is 10.0. The number of hydrogen-bond acceptors (Lipinski definition) is 5. The van der Waals surface area contributed by atoms with E-state index in [-0.39, 0.29) is 11.8 Å². The highest BCUT2D eigenvalue weighted by Crippen LogP contribution is 2.22. The third-order valence-electron chi connectivity index (χ3n) is 4.84. The molecule has 8 nitrogen and oxygen atoms in total. The number of carbonyl (C=O) groups is 4. The molecule has 1 atom stereocenters. The van der Waals surface area contributed by atoms with Crippen LogP contribution in [0.5, 0.6) is 0 Å². The Kier molecular flexibility index (Phi) is 6.08. The highest BCUT2D eigenvalue weighted by Gasteiger charge is 2.37. The smallest absolute Gasteiger partial charge is 0.262 e. The van der Waals surface area contributed by atoms with Crippen molar-refractivity contribution < 1.29 is 23.9 Å². The van der Waals surface area contributed by atoms with E-state index < -0.39 is 30.3 Å². The topological polar surface area (TPSA) is 96.0 Å². The first kappa shape index (κ1) is 20.0. The molecule has 2 aliphatic rings. The maximum absolute atomic E-state index is 12.8. The van der Waals surface area contributed by atoms with Crippen molar-refractivity contribution in [2.75, 3.05) is 32.8 Å². The second-order valence-corrected chi connectivity index (χ2v) is 7.43. The quantitative estimate of drug-likeness (QED) is 0.724. The Hall–Kier alpha value is -2.74. The maximum Gasteiger partial charge on any atom is 0.262 e. The van der Waals surface area contributed by atoms with Crippen LogP contribution in [0.25, 0.3) is 0 Å². The van der Waals surface area contributed by atoms with Crippen molar-refractivity contribution in [3.05, 3.63) is 35.4 Å². The van der Waals surface area contributed by atoms with Crippen molar-refractivity contribution in [2.24, 2.45) is 5.92 Å². The number of rotatable bonds is 6. The van der Waals surface area contributed by atoms with Crippen LogP contribution in [0.3, 0.4) is 0 Å². The monoisotopic (exact) mass is 387 g/mol. The summed E-state index contributed by atoms with van der Waals surface area (Å²) in [5, 5.41) is 2.72. The number of nitrogens with one attached hydrogen (secondary N) is 1. The molecule has 1 fully saturated rings. The molecule has 0 aromatic heterocycles. The zero-order chi connectivity index (χ0) is 20.3. The Balaban J connectivity index is 1.66. The highest BCUT2D eigenvalue weighted by molar-refractivity contribution is 6.22. The summed E-state index contributed by atoms with van der Waals surface area (Å²) in [6, 6.07) is 5.79. The summed E-state index contributed by atoms with van der Waals surface area (Å²) >= 11 is 0. The Morgan fingerprint density at radius 2 is 1.64 bits per heavy atom. The number of hydrogen-bond donors (Lipinski definition) is 1. The number of morpholine rings is 1. The molecule has 1 aromatic rings. The van der Waals surface area contributed by atoms with Gasteiger partial charge in [-0.2, -0.15) is 0 Å². The third-order valence-corrected chi connectivity index (χ3v) is 4.84. The van der Waals surface area contributed by atoms with Gasteiger partial charge in [0.15, 0.2) is 0 Å². The molecular formula is C20H25N3O5. The predicted molar refractivity (Wildman–Crippen MR) is 101 cm³/mol. The molecule has 0 bridgehead atoms. The lowest BCUT2D eigenvalue weighted by molar-refractivity contribution is -0.140. The fourth-order valence-corrected chi connectivity index (χ4v) is 3.46. The Labute approximate surface area is 163 Å². The average molecular weight is 387 g/mol. The van der Waals surface area contributed by atoms with Gasteiger partial charge in [0.2, 0.25) is 11.8 Å². The summed E-state index contributed by atoms with van der Waals surface area (Å²) < 4.78 is 5.27. The molecule has 0 radical (unpaired) electrons. The molecule has 2 heterocycles. The predicted octanol–water partition coefficient (Wildman–Crippen LogP) is 0.672. The van der Waals surface area contributed by atoms with Crippen molar-refractivity contribution in [2.45, 2.75) is 26.3 Å². The van der Waals surface area contributed by atoms with Gasteiger partial charge in [-0.05, 0) is 24.5 Å². The summed E-state index contributed by atoms with van der Waals surface area (Å²) in [6.07, 6.45) is 0.476.